The van der Waals surface area contributed by atoms with E-state index in [9.17, 15) is 9.59 Å². The monoisotopic (exact) mass is 363 g/mol. The summed E-state index contributed by atoms with van der Waals surface area (Å²) in [5.41, 5.74) is 0.507. The fourth-order valence-electron chi connectivity index (χ4n) is 2.89. The van der Waals surface area contributed by atoms with Crippen LogP contribution in [0.4, 0.5) is 5.69 Å². The molecule has 1 fully saturated rings. The third-order valence-electron chi connectivity index (χ3n) is 4.45. The summed E-state index contributed by atoms with van der Waals surface area (Å²) in [4.78, 5) is 31.6. The van der Waals surface area contributed by atoms with E-state index in [4.69, 9.17) is 16.0 Å². The number of carbonyl (C=O) groups is 2. The number of carbonyl (C=O) groups excluding carboxylic acids is 2. The van der Waals surface area contributed by atoms with Crippen molar-refractivity contribution in [2.45, 2.75) is 13.0 Å². The molecular weight excluding hydrogens is 344 g/mol. The van der Waals surface area contributed by atoms with Crippen LogP contribution in [-0.2, 0) is 4.79 Å². The number of quaternary nitrogens is 1. The van der Waals surface area contributed by atoms with Gasteiger partial charge in [0.1, 0.15) is 0 Å². The van der Waals surface area contributed by atoms with E-state index in [-0.39, 0.29) is 23.0 Å². The van der Waals surface area contributed by atoms with Gasteiger partial charge in [-0.05, 0) is 31.2 Å². The van der Waals surface area contributed by atoms with Gasteiger partial charge in [0.2, 0.25) is 0 Å². The van der Waals surface area contributed by atoms with Gasteiger partial charge in [-0.1, -0.05) is 11.6 Å². The van der Waals surface area contributed by atoms with Gasteiger partial charge in [-0.3, -0.25) is 9.59 Å². The average molecular weight is 364 g/mol. The van der Waals surface area contributed by atoms with Crippen molar-refractivity contribution in [2.24, 2.45) is 0 Å². The Hall–Kier alpha value is -2.38. The molecule has 0 saturated carbocycles. The van der Waals surface area contributed by atoms with E-state index in [0.717, 1.165) is 4.90 Å². The van der Waals surface area contributed by atoms with E-state index in [1.165, 1.54) is 6.26 Å². The predicted molar refractivity (Wildman–Crippen MR) is 92.6 cm³/mol. The van der Waals surface area contributed by atoms with Gasteiger partial charge in [0.25, 0.3) is 11.8 Å². The second kappa shape index (κ2) is 7.67. The van der Waals surface area contributed by atoms with E-state index in [1.54, 1.807) is 35.4 Å². The largest absolute Gasteiger partial charge is 0.459 e. The number of piperazine rings is 1. The maximum Gasteiger partial charge on any atom is 0.289 e. The number of nitrogens with one attached hydrogen (secondary N) is 2. The van der Waals surface area contributed by atoms with Gasteiger partial charge < -0.3 is 19.5 Å². The van der Waals surface area contributed by atoms with Gasteiger partial charge in [0.15, 0.2) is 17.0 Å². The van der Waals surface area contributed by atoms with E-state index >= 15 is 0 Å². The quantitative estimate of drug-likeness (QED) is 0.783. The highest BCUT2D eigenvalue weighted by Gasteiger charge is 2.31. The molecule has 25 heavy (non-hydrogen) atoms. The van der Waals surface area contributed by atoms with Crippen molar-refractivity contribution in [1.82, 2.24) is 9.88 Å². The molecule has 7 nitrogen and oxygen atoms in total. The zero-order valence-corrected chi connectivity index (χ0v) is 14.6. The molecule has 0 bridgehead atoms. The first-order valence-electron chi connectivity index (χ1n) is 8.15. The Morgan fingerprint density at radius 2 is 2.08 bits per heavy atom. The summed E-state index contributed by atoms with van der Waals surface area (Å²) < 4.78 is 5.16. The van der Waals surface area contributed by atoms with E-state index < -0.39 is 0 Å². The SMILES string of the molecule is C[C@@H](C(=O)Nc1cccnc1Cl)[NH+]1CCN(C(=O)c2ccco2)CC1. The molecule has 3 rings (SSSR count). The molecule has 132 valence electrons. The Balaban J connectivity index is 1.54. The van der Waals surface area contributed by atoms with Crippen LogP contribution in [0.5, 0.6) is 0 Å². The van der Waals surface area contributed by atoms with Crippen molar-refractivity contribution in [1.29, 1.82) is 0 Å². The van der Waals surface area contributed by atoms with Gasteiger partial charge in [-0.2, -0.15) is 0 Å². The molecule has 2 aromatic heterocycles. The van der Waals surface area contributed by atoms with Crippen LogP contribution in [0.25, 0.3) is 0 Å². The molecule has 2 amide bonds. The van der Waals surface area contributed by atoms with Crippen LogP contribution in [0.1, 0.15) is 17.5 Å². The van der Waals surface area contributed by atoms with Gasteiger partial charge >= 0.3 is 0 Å². The highest BCUT2D eigenvalue weighted by molar-refractivity contribution is 6.32. The van der Waals surface area contributed by atoms with E-state index in [2.05, 4.69) is 10.3 Å². The van der Waals surface area contributed by atoms with Crippen molar-refractivity contribution >= 4 is 29.1 Å². The Morgan fingerprint density at radius 1 is 1.32 bits per heavy atom. The first-order chi connectivity index (χ1) is 12.1. The molecule has 1 aliphatic rings. The number of hydrogen-bond donors (Lipinski definition) is 2. The molecular formula is C17H20ClN4O3+. The summed E-state index contributed by atoms with van der Waals surface area (Å²) in [5.74, 6) is 0.125. The number of anilines is 1. The summed E-state index contributed by atoms with van der Waals surface area (Å²) in [6.07, 6.45) is 3.06. The lowest BCUT2D eigenvalue weighted by atomic mass is 10.2. The minimum absolute atomic E-state index is 0.108. The number of hydrogen-bond acceptors (Lipinski definition) is 4. The normalized spacial score (nSPS) is 16.5. The predicted octanol–water partition coefficient (Wildman–Crippen LogP) is 0.696. The fourth-order valence-corrected chi connectivity index (χ4v) is 3.06. The summed E-state index contributed by atoms with van der Waals surface area (Å²) in [7, 11) is 0. The van der Waals surface area contributed by atoms with Crippen molar-refractivity contribution in [2.75, 3.05) is 31.5 Å². The molecule has 0 radical (unpaired) electrons. The lowest BCUT2D eigenvalue weighted by Gasteiger charge is -2.34. The number of amides is 2. The highest BCUT2D eigenvalue weighted by Crippen LogP contribution is 2.17. The Bertz CT molecular complexity index is 742. The molecule has 0 aliphatic carbocycles. The second-order valence-corrected chi connectivity index (χ2v) is 6.34. The number of furan rings is 1. The van der Waals surface area contributed by atoms with Crippen LogP contribution >= 0.6 is 11.6 Å². The van der Waals surface area contributed by atoms with Crippen molar-refractivity contribution in [3.8, 4) is 0 Å². The first kappa shape index (κ1) is 17.4. The zero-order valence-electron chi connectivity index (χ0n) is 13.9. The third-order valence-corrected chi connectivity index (χ3v) is 4.75. The number of nitrogens with zero attached hydrogens (tertiary/aromatic N) is 2. The lowest BCUT2D eigenvalue weighted by molar-refractivity contribution is -0.917. The number of rotatable bonds is 4. The number of pyridine rings is 1. The molecule has 1 aliphatic heterocycles. The van der Waals surface area contributed by atoms with Crippen molar-refractivity contribution in [3.05, 3.63) is 47.6 Å². The Kier molecular flexibility index (Phi) is 5.35. The molecule has 2 N–H and O–H groups in total. The van der Waals surface area contributed by atoms with Crippen LogP contribution in [0.2, 0.25) is 5.15 Å². The van der Waals surface area contributed by atoms with Crippen LogP contribution in [0.15, 0.2) is 41.1 Å². The van der Waals surface area contributed by atoms with Crippen LogP contribution in [0, 0.1) is 0 Å². The lowest BCUT2D eigenvalue weighted by Crippen LogP contribution is -3.19. The van der Waals surface area contributed by atoms with Gasteiger partial charge in [-0.15, -0.1) is 0 Å². The molecule has 0 aromatic carbocycles. The fraction of sp³-hybridized carbons (Fsp3) is 0.353. The second-order valence-electron chi connectivity index (χ2n) is 5.98. The standard InChI is InChI=1S/C17H19ClN4O3/c1-12(16(23)20-13-4-2-6-19-15(13)18)21-7-9-22(10-8-21)17(24)14-5-3-11-25-14/h2-6,11-12H,7-10H2,1H3,(H,20,23)/p+1/t12-/m0/s1. The van der Waals surface area contributed by atoms with Gasteiger partial charge in [-0.25, -0.2) is 4.98 Å². The maximum absolute atomic E-state index is 12.5. The summed E-state index contributed by atoms with van der Waals surface area (Å²) in [6.45, 7) is 4.43. The maximum atomic E-state index is 12.5. The molecule has 0 spiro atoms. The Labute approximate surface area is 150 Å². The number of halogens is 1. The van der Waals surface area contributed by atoms with Crippen LogP contribution in [0.3, 0.4) is 0 Å². The minimum Gasteiger partial charge on any atom is -0.459 e. The summed E-state index contributed by atoms with van der Waals surface area (Å²) in [5, 5.41) is 3.08. The Morgan fingerprint density at radius 3 is 2.72 bits per heavy atom. The van der Waals surface area contributed by atoms with Gasteiger partial charge in [0.05, 0.1) is 38.1 Å². The first-order valence-corrected chi connectivity index (χ1v) is 8.53. The van der Waals surface area contributed by atoms with E-state index in [1.807, 2.05) is 6.92 Å². The number of aromatic nitrogens is 1. The van der Waals surface area contributed by atoms with Crippen LogP contribution in [-0.4, -0.2) is 53.9 Å². The molecule has 8 heteroatoms. The molecule has 1 atom stereocenters. The highest BCUT2D eigenvalue weighted by atomic mass is 35.5. The average Bonchev–Trinajstić information content (AvgIpc) is 3.17. The minimum atomic E-state index is -0.253. The zero-order chi connectivity index (χ0) is 17.8. The summed E-state index contributed by atoms with van der Waals surface area (Å²) >= 11 is 5.98. The van der Waals surface area contributed by atoms with E-state index in [0.29, 0.717) is 37.6 Å². The molecule has 3 heterocycles. The van der Waals surface area contributed by atoms with Crippen LogP contribution < -0.4 is 10.2 Å². The third kappa shape index (κ3) is 4.00. The van der Waals surface area contributed by atoms with Gasteiger partial charge in [0, 0.05) is 6.20 Å². The molecule has 0 unspecified atom stereocenters. The van der Waals surface area contributed by atoms with Crippen molar-refractivity contribution < 1.29 is 18.9 Å². The molecule has 2 aromatic rings. The summed E-state index contributed by atoms with van der Waals surface area (Å²) in [6, 6.07) is 6.55. The topological polar surface area (TPSA) is 79.9 Å². The molecule has 1 saturated heterocycles. The smallest absolute Gasteiger partial charge is 0.289 e. The van der Waals surface area contributed by atoms with Crippen molar-refractivity contribution in [3.63, 3.8) is 0 Å².